The van der Waals surface area contributed by atoms with Crippen molar-refractivity contribution in [3.8, 4) is 0 Å². The second kappa shape index (κ2) is 14.2. The normalized spacial score (nSPS) is 19.7. The Kier molecular flexibility index (Phi) is 12.9. The van der Waals surface area contributed by atoms with Gasteiger partial charge in [-0.05, 0) is 6.42 Å². The Morgan fingerprint density at radius 2 is 1.22 bits per heavy atom. The molecule has 2 atom stereocenters. The summed E-state index contributed by atoms with van der Waals surface area (Å²) in [6.45, 7) is 2.28. The minimum absolute atomic E-state index is 0.0228. The summed E-state index contributed by atoms with van der Waals surface area (Å²) in [5.41, 5.74) is 0. The highest BCUT2D eigenvalue weighted by atomic mass is 32.2. The Labute approximate surface area is 148 Å². The van der Waals surface area contributed by atoms with E-state index in [0.717, 1.165) is 0 Å². The zero-order chi connectivity index (χ0) is 16.8. The monoisotopic (exact) mass is 342 g/mol. The lowest BCUT2D eigenvalue weighted by atomic mass is 10.0. The Morgan fingerprint density at radius 3 is 1.65 bits per heavy atom. The first-order chi connectivity index (χ1) is 11.3. The van der Waals surface area contributed by atoms with Crippen molar-refractivity contribution < 1.29 is 9.53 Å². The molecule has 1 rings (SSSR count). The quantitative estimate of drug-likeness (QED) is 0.181. The maximum atomic E-state index is 11.3. The number of hydrogen-bond acceptors (Lipinski definition) is 3. The highest BCUT2D eigenvalue weighted by Crippen LogP contribution is 2.45. The van der Waals surface area contributed by atoms with Crippen LogP contribution < -0.4 is 0 Å². The van der Waals surface area contributed by atoms with Crippen LogP contribution in [0.2, 0.25) is 0 Å². The van der Waals surface area contributed by atoms with E-state index >= 15 is 0 Å². The van der Waals surface area contributed by atoms with Crippen molar-refractivity contribution in [3.63, 3.8) is 0 Å². The molecular formula is C20H38O2S. The predicted octanol–water partition coefficient (Wildman–Crippen LogP) is 6.51. The summed E-state index contributed by atoms with van der Waals surface area (Å²) < 4.78 is 4.77. The zero-order valence-electron chi connectivity index (χ0n) is 15.5. The van der Waals surface area contributed by atoms with E-state index in [-0.39, 0.29) is 11.2 Å². The first kappa shape index (κ1) is 20.9. The molecule has 2 nitrogen and oxygen atoms in total. The maximum absolute atomic E-state index is 11.3. The number of unbranched alkanes of at least 4 members (excludes halogenated alkanes) is 13. The van der Waals surface area contributed by atoms with Crippen LogP contribution in [0.5, 0.6) is 0 Å². The first-order valence-corrected chi connectivity index (χ1v) is 11.0. The van der Waals surface area contributed by atoms with E-state index in [2.05, 4.69) is 6.92 Å². The van der Waals surface area contributed by atoms with E-state index in [1.165, 1.54) is 103 Å². The fourth-order valence-electron chi connectivity index (χ4n) is 3.23. The largest absolute Gasteiger partial charge is 0.468 e. The number of rotatable bonds is 16. The van der Waals surface area contributed by atoms with Crippen LogP contribution in [0, 0.1) is 0 Å². The van der Waals surface area contributed by atoms with Gasteiger partial charge in [-0.15, -0.1) is 11.8 Å². The highest BCUT2D eigenvalue weighted by Gasteiger charge is 2.44. The van der Waals surface area contributed by atoms with Crippen molar-refractivity contribution in [3.05, 3.63) is 0 Å². The van der Waals surface area contributed by atoms with Gasteiger partial charge in [0.2, 0.25) is 0 Å². The van der Waals surface area contributed by atoms with Gasteiger partial charge in [0, 0.05) is 5.25 Å². The molecule has 136 valence electrons. The number of esters is 1. The first-order valence-electron chi connectivity index (χ1n) is 10.0. The van der Waals surface area contributed by atoms with Gasteiger partial charge in [0.15, 0.2) is 0 Å². The molecule has 1 aliphatic heterocycles. The number of carbonyl (C=O) groups excluding carboxylic acids is 1. The van der Waals surface area contributed by atoms with Crippen molar-refractivity contribution in [2.75, 3.05) is 7.11 Å². The lowest BCUT2D eigenvalue weighted by Gasteiger charge is -2.03. The van der Waals surface area contributed by atoms with Crippen LogP contribution in [0.15, 0.2) is 0 Å². The van der Waals surface area contributed by atoms with E-state index in [0.29, 0.717) is 5.25 Å². The Bertz CT molecular complexity index is 293. The van der Waals surface area contributed by atoms with Crippen LogP contribution in [0.1, 0.15) is 103 Å². The lowest BCUT2D eigenvalue weighted by Crippen LogP contribution is -2.10. The Balaban J connectivity index is 1.70. The van der Waals surface area contributed by atoms with Gasteiger partial charge in [-0.2, -0.15) is 0 Å². The van der Waals surface area contributed by atoms with Gasteiger partial charge in [0.25, 0.3) is 0 Å². The molecule has 23 heavy (non-hydrogen) atoms. The minimum atomic E-state index is -0.0228. The van der Waals surface area contributed by atoms with Gasteiger partial charge >= 0.3 is 5.97 Å². The Morgan fingerprint density at radius 1 is 0.783 bits per heavy atom. The average molecular weight is 343 g/mol. The molecule has 1 heterocycles. The molecule has 0 radical (unpaired) electrons. The molecule has 1 fully saturated rings. The molecule has 0 aromatic carbocycles. The molecule has 0 aliphatic carbocycles. The molecule has 0 saturated carbocycles. The van der Waals surface area contributed by atoms with Gasteiger partial charge in [0.1, 0.15) is 5.25 Å². The van der Waals surface area contributed by atoms with E-state index in [1.54, 1.807) is 11.8 Å². The summed E-state index contributed by atoms with van der Waals surface area (Å²) in [4.78, 5) is 11.3. The smallest absolute Gasteiger partial charge is 0.319 e. The van der Waals surface area contributed by atoms with Crippen LogP contribution >= 0.6 is 11.8 Å². The van der Waals surface area contributed by atoms with Crippen LogP contribution in [0.4, 0.5) is 0 Å². The number of carbonyl (C=O) groups is 1. The third-order valence-electron chi connectivity index (χ3n) is 4.86. The lowest BCUT2D eigenvalue weighted by molar-refractivity contribution is -0.139. The fraction of sp³-hybridized carbons (Fsp3) is 0.950. The second-order valence-electron chi connectivity index (χ2n) is 7.00. The number of methoxy groups -OCH3 is 1. The molecule has 0 aromatic rings. The molecule has 1 saturated heterocycles. The van der Waals surface area contributed by atoms with Crippen LogP contribution in [-0.2, 0) is 9.53 Å². The third kappa shape index (κ3) is 11.1. The van der Waals surface area contributed by atoms with Gasteiger partial charge in [0.05, 0.1) is 7.11 Å². The summed E-state index contributed by atoms with van der Waals surface area (Å²) in [6.07, 6.45) is 20.9. The summed E-state index contributed by atoms with van der Waals surface area (Å²) in [6, 6.07) is 0. The third-order valence-corrected chi connectivity index (χ3v) is 6.22. The van der Waals surface area contributed by atoms with E-state index in [4.69, 9.17) is 4.74 Å². The molecule has 0 N–H and O–H groups in total. The standard InChI is InChI=1S/C20H38O2S/c1-3-4-5-6-7-8-9-10-11-12-13-14-15-16-17-18-19(23-18)20(21)22-2/h18-19H,3-17H2,1-2H3. The number of thioether (sulfide) groups is 1. The molecule has 1 aliphatic rings. The van der Waals surface area contributed by atoms with E-state index in [9.17, 15) is 4.79 Å². The van der Waals surface area contributed by atoms with Crippen molar-refractivity contribution in [1.82, 2.24) is 0 Å². The van der Waals surface area contributed by atoms with Gasteiger partial charge < -0.3 is 4.74 Å². The Hall–Kier alpha value is -0.180. The number of hydrogen-bond donors (Lipinski definition) is 0. The van der Waals surface area contributed by atoms with Crippen molar-refractivity contribution in [2.45, 2.75) is 114 Å². The van der Waals surface area contributed by atoms with E-state index in [1.807, 2.05) is 0 Å². The van der Waals surface area contributed by atoms with Crippen molar-refractivity contribution in [2.24, 2.45) is 0 Å². The summed E-state index contributed by atoms with van der Waals surface area (Å²) >= 11 is 1.78. The molecule has 3 heteroatoms. The average Bonchev–Trinajstić information content (AvgIpc) is 3.34. The van der Waals surface area contributed by atoms with Crippen LogP contribution in [-0.4, -0.2) is 23.6 Å². The van der Waals surface area contributed by atoms with Crippen molar-refractivity contribution >= 4 is 17.7 Å². The molecule has 0 spiro atoms. The van der Waals surface area contributed by atoms with Gasteiger partial charge in [-0.25, -0.2) is 0 Å². The molecule has 0 aromatic heterocycles. The zero-order valence-corrected chi connectivity index (χ0v) is 16.3. The van der Waals surface area contributed by atoms with E-state index < -0.39 is 0 Å². The summed E-state index contributed by atoms with van der Waals surface area (Å²) in [5.74, 6) is -0.0228. The van der Waals surface area contributed by atoms with Gasteiger partial charge in [-0.3, -0.25) is 4.79 Å². The summed E-state index contributed by atoms with van der Waals surface area (Å²) in [5, 5.41) is 0.710. The minimum Gasteiger partial charge on any atom is -0.468 e. The second-order valence-corrected chi connectivity index (χ2v) is 8.39. The predicted molar refractivity (Wildman–Crippen MR) is 102 cm³/mol. The summed E-state index contributed by atoms with van der Waals surface area (Å²) in [7, 11) is 1.49. The van der Waals surface area contributed by atoms with Gasteiger partial charge in [-0.1, -0.05) is 96.8 Å². The topological polar surface area (TPSA) is 26.3 Å². The van der Waals surface area contributed by atoms with Crippen LogP contribution in [0.3, 0.4) is 0 Å². The SMILES string of the molecule is CCCCCCCCCCCCCCCCC1SC1C(=O)OC. The fourth-order valence-corrected chi connectivity index (χ4v) is 4.27. The van der Waals surface area contributed by atoms with Crippen molar-refractivity contribution in [1.29, 1.82) is 0 Å². The number of ether oxygens (including phenoxy) is 1. The maximum Gasteiger partial charge on any atom is 0.319 e. The molecule has 2 unspecified atom stereocenters. The van der Waals surface area contributed by atoms with Crippen LogP contribution in [0.25, 0.3) is 0 Å². The molecular weight excluding hydrogens is 304 g/mol. The highest BCUT2D eigenvalue weighted by molar-refractivity contribution is 8.08. The molecule has 0 amide bonds. The molecule has 0 bridgehead atoms.